The number of aliphatic hydroxyl groups is 1. The molecule has 0 aromatic heterocycles. The van der Waals surface area contributed by atoms with Crippen LogP contribution >= 0.6 is 0 Å². The molecule has 0 aliphatic carbocycles. The first-order valence-corrected chi connectivity index (χ1v) is 4.07. The third-order valence-corrected chi connectivity index (χ3v) is 1.59. The van der Waals surface area contributed by atoms with Crippen LogP contribution in [0.5, 0.6) is 0 Å². The van der Waals surface area contributed by atoms with Gasteiger partial charge in [-0.3, -0.25) is 4.79 Å². The Morgan fingerprint density at radius 1 is 1.45 bits per heavy atom. The lowest BCUT2D eigenvalue weighted by Gasteiger charge is -2.19. The summed E-state index contributed by atoms with van der Waals surface area (Å²) in [6, 6.07) is 0. The number of carbonyl (C=O) groups is 1. The third-order valence-electron chi connectivity index (χ3n) is 1.59. The molecule has 0 rings (SSSR count). The van der Waals surface area contributed by atoms with Crippen LogP contribution in [0, 0.1) is 0 Å². The van der Waals surface area contributed by atoms with Gasteiger partial charge < -0.3 is 10.0 Å². The van der Waals surface area contributed by atoms with Crippen LogP contribution in [0.4, 0.5) is 0 Å². The molecule has 1 N–H and O–H groups in total. The van der Waals surface area contributed by atoms with Gasteiger partial charge in [0.15, 0.2) is 0 Å². The Hall–Kier alpha value is -0.570. The Morgan fingerprint density at radius 2 is 1.91 bits per heavy atom. The SMILES string of the molecule is CCN(CC)C(=O)C[C@H](C)O. The summed E-state index contributed by atoms with van der Waals surface area (Å²) in [5, 5.41) is 8.92. The van der Waals surface area contributed by atoms with Gasteiger partial charge in [-0.1, -0.05) is 0 Å². The molecule has 0 aliphatic heterocycles. The molecule has 0 saturated heterocycles. The van der Waals surface area contributed by atoms with E-state index in [9.17, 15) is 4.79 Å². The normalized spacial score (nSPS) is 12.7. The zero-order valence-corrected chi connectivity index (χ0v) is 7.50. The lowest BCUT2D eigenvalue weighted by molar-refractivity contribution is -0.132. The van der Waals surface area contributed by atoms with Crippen LogP contribution in [0.2, 0.25) is 0 Å². The number of carbonyl (C=O) groups excluding carboxylic acids is 1. The molecule has 0 radical (unpaired) electrons. The van der Waals surface area contributed by atoms with E-state index in [1.54, 1.807) is 11.8 Å². The maximum atomic E-state index is 11.2. The number of hydrogen-bond donors (Lipinski definition) is 1. The number of amides is 1. The van der Waals surface area contributed by atoms with Gasteiger partial charge in [0.05, 0.1) is 12.5 Å². The van der Waals surface area contributed by atoms with Crippen molar-refractivity contribution in [3.63, 3.8) is 0 Å². The lowest BCUT2D eigenvalue weighted by Crippen LogP contribution is -2.32. The first kappa shape index (κ1) is 10.4. The van der Waals surface area contributed by atoms with Crippen LogP contribution in [-0.4, -0.2) is 35.1 Å². The fourth-order valence-electron chi connectivity index (χ4n) is 0.958. The molecular weight excluding hydrogens is 142 g/mol. The zero-order valence-electron chi connectivity index (χ0n) is 7.50. The molecule has 0 aromatic carbocycles. The average molecular weight is 159 g/mol. The maximum Gasteiger partial charge on any atom is 0.225 e. The number of rotatable bonds is 4. The van der Waals surface area contributed by atoms with Crippen LogP contribution in [0.3, 0.4) is 0 Å². The molecule has 3 heteroatoms. The first-order chi connectivity index (χ1) is 5.11. The van der Waals surface area contributed by atoms with E-state index in [1.807, 2.05) is 13.8 Å². The second kappa shape index (κ2) is 5.13. The van der Waals surface area contributed by atoms with Crippen molar-refractivity contribution in [1.82, 2.24) is 4.90 Å². The minimum absolute atomic E-state index is 0.0324. The van der Waals surface area contributed by atoms with Crippen LogP contribution in [-0.2, 0) is 4.79 Å². The monoisotopic (exact) mass is 159 g/mol. The Morgan fingerprint density at radius 3 is 2.18 bits per heavy atom. The first-order valence-electron chi connectivity index (χ1n) is 4.07. The van der Waals surface area contributed by atoms with E-state index in [-0.39, 0.29) is 12.3 Å². The van der Waals surface area contributed by atoms with Crippen molar-refractivity contribution < 1.29 is 9.90 Å². The highest BCUT2D eigenvalue weighted by atomic mass is 16.3. The fraction of sp³-hybridized carbons (Fsp3) is 0.875. The summed E-state index contributed by atoms with van der Waals surface area (Å²) in [5.74, 6) is 0.0324. The van der Waals surface area contributed by atoms with Crippen molar-refractivity contribution in [2.24, 2.45) is 0 Å². The molecule has 0 saturated carbocycles. The van der Waals surface area contributed by atoms with Crippen LogP contribution in [0.15, 0.2) is 0 Å². The van der Waals surface area contributed by atoms with Gasteiger partial charge in [0, 0.05) is 13.1 Å². The summed E-state index contributed by atoms with van der Waals surface area (Å²) < 4.78 is 0. The third kappa shape index (κ3) is 3.98. The minimum Gasteiger partial charge on any atom is -0.393 e. The molecule has 1 amide bonds. The Bertz CT molecular complexity index is 119. The van der Waals surface area contributed by atoms with E-state index in [2.05, 4.69) is 0 Å². The summed E-state index contributed by atoms with van der Waals surface area (Å²) in [4.78, 5) is 12.9. The summed E-state index contributed by atoms with van der Waals surface area (Å²) in [6.45, 7) is 6.94. The van der Waals surface area contributed by atoms with Gasteiger partial charge >= 0.3 is 0 Å². The smallest absolute Gasteiger partial charge is 0.225 e. The summed E-state index contributed by atoms with van der Waals surface area (Å²) in [6.07, 6.45) is -0.287. The van der Waals surface area contributed by atoms with Crippen LogP contribution in [0.25, 0.3) is 0 Å². The second-order valence-electron chi connectivity index (χ2n) is 2.62. The van der Waals surface area contributed by atoms with E-state index >= 15 is 0 Å². The Balaban J connectivity index is 3.79. The van der Waals surface area contributed by atoms with Crippen molar-refractivity contribution in [3.05, 3.63) is 0 Å². The summed E-state index contributed by atoms with van der Waals surface area (Å²) in [5.41, 5.74) is 0. The molecule has 0 spiro atoms. The number of hydrogen-bond acceptors (Lipinski definition) is 2. The molecule has 3 nitrogen and oxygen atoms in total. The standard InChI is InChI=1S/C8H17NO2/c1-4-9(5-2)8(11)6-7(3)10/h7,10H,4-6H2,1-3H3/t7-/m0/s1. The van der Waals surface area contributed by atoms with E-state index in [1.165, 1.54) is 0 Å². The van der Waals surface area contributed by atoms with Gasteiger partial charge in [-0.15, -0.1) is 0 Å². The van der Waals surface area contributed by atoms with E-state index < -0.39 is 6.10 Å². The van der Waals surface area contributed by atoms with Gasteiger partial charge in [-0.05, 0) is 20.8 Å². The van der Waals surface area contributed by atoms with Gasteiger partial charge in [0.2, 0.25) is 5.91 Å². The van der Waals surface area contributed by atoms with E-state index in [0.29, 0.717) is 0 Å². The van der Waals surface area contributed by atoms with E-state index in [0.717, 1.165) is 13.1 Å². The van der Waals surface area contributed by atoms with Crippen molar-refractivity contribution in [3.8, 4) is 0 Å². The fourth-order valence-corrected chi connectivity index (χ4v) is 0.958. The minimum atomic E-state index is -0.525. The Kier molecular flexibility index (Phi) is 4.86. The van der Waals surface area contributed by atoms with Crippen LogP contribution in [0.1, 0.15) is 27.2 Å². The topological polar surface area (TPSA) is 40.5 Å². The molecule has 0 unspecified atom stereocenters. The van der Waals surface area contributed by atoms with Gasteiger partial charge in [0.1, 0.15) is 0 Å². The summed E-state index contributed by atoms with van der Waals surface area (Å²) >= 11 is 0. The average Bonchev–Trinajstić information content (AvgIpc) is 1.88. The quantitative estimate of drug-likeness (QED) is 0.653. The molecule has 0 fully saturated rings. The van der Waals surface area contributed by atoms with Crippen molar-refractivity contribution in [2.45, 2.75) is 33.3 Å². The predicted molar refractivity (Wildman–Crippen MR) is 44.2 cm³/mol. The lowest BCUT2D eigenvalue weighted by atomic mass is 10.2. The highest BCUT2D eigenvalue weighted by Gasteiger charge is 2.11. The maximum absolute atomic E-state index is 11.2. The zero-order chi connectivity index (χ0) is 8.85. The molecule has 66 valence electrons. The molecule has 0 aliphatic rings. The largest absolute Gasteiger partial charge is 0.393 e. The van der Waals surface area contributed by atoms with E-state index in [4.69, 9.17) is 5.11 Å². The second-order valence-corrected chi connectivity index (χ2v) is 2.62. The molecular formula is C8H17NO2. The highest BCUT2D eigenvalue weighted by molar-refractivity contribution is 5.76. The van der Waals surface area contributed by atoms with Crippen molar-refractivity contribution in [2.75, 3.05) is 13.1 Å². The predicted octanol–water partition coefficient (Wildman–Crippen LogP) is 0.626. The summed E-state index contributed by atoms with van der Waals surface area (Å²) in [7, 11) is 0. The van der Waals surface area contributed by atoms with Gasteiger partial charge in [0.25, 0.3) is 0 Å². The number of nitrogens with zero attached hydrogens (tertiary/aromatic N) is 1. The van der Waals surface area contributed by atoms with Gasteiger partial charge in [-0.2, -0.15) is 0 Å². The molecule has 0 aromatic rings. The van der Waals surface area contributed by atoms with Gasteiger partial charge in [-0.25, -0.2) is 0 Å². The highest BCUT2D eigenvalue weighted by Crippen LogP contribution is 1.97. The molecule has 11 heavy (non-hydrogen) atoms. The van der Waals surface area contributed by atoms with Crippen molar-refractivity contribution in [1.29, 1.82) is 0 Å². The molecule has 0 bridgehead atoms. The van der Waals surface area contributed by atoms with Crippen LogP contribution < -0.4 is 0 Å². The number of aliphatic hydroxyl groups excluding tert-OH is 1. The molecule has 0 heterocycles. The molecule has 1 atom stereocenters. The van der Waals surface area contributed by atoms with Crippen molar-refractivity contribution >= 4 is 5.91 Å². The Labute approximate surface area is 68.0 Å².